The van der Waals surface area contributed by atoms with Gasteiger partial charge in [0.05, 0.1) is 5.69 Å². The molecule has 1 aliphatic heterocycles. The van der Waals surface area contributed by atoms with Crippen LogP contribution in [0.4, 0.5) is 16.2 Å². The SMILES string of the molecule is NC(N)=Nc1cccc(C(=O)Nc2ccc(C[C@H](NC(=O)N3CCCCC3)C(=O)O)cc2)c1. The van der Waals surface area contributed by atoms with E-state index in [9.17, 15) is 19.5 Å². The molecule has 1 saturated heterocycles. The van der Waals surface area contributed by atoms with Crippen LogP contribution in [0.2, 0.25) is 0 Å². The number of aliphatic imine (C=N–C) groups is 1. The summed E-state index contributed by atoms with van der Waals surface area (Å²) in [6.07, 6.45) is 3.06. The summed E-state index contributed by atoms with van der Waals surface area (Å²) in [4.78, 5) is 42.2. The van der Waals surface area contributed by atoms with Gasteiger partial charge >= 0.3 is 12.0 Å². The van der Waals surface area contributed by atoms with Crippen LogP contribution in [-0.4, -0.2) is 53.0 Å². The maximum atomic E-state index is 12.5. The number of urea groups is 1. The van der Waals surface area contributed by atoms with Gasteiger partial charge in [0, 0.05) is 30.8 Å². The van der Waals surface area contributed by atoms with Gasteiger partial charge in [-0.2, -0.15) is 0 Å². The van der Waals surface area contributed by atoms with Crippen LogP contribution in [0.3, 0.4) is 0 Å². The number of hydrogen-bond acceptors (Lipinski definition) is 4. The van der Waals surface area contributed by atoms with Gasteiger partial charge in [0.25, 0.3) is 5.91 Å². The quantitative estimate of drug-likeness (QED) is 0.319. The van der Waals surface area contributed by atoms with E-state index in [2.05, 4.69) is 15.6 Å². The third-order valence-electron chi connectivity index (χ3n) is 5.26. The van der Waals surface area contributed by atoms with Crippen molar-refractivity contribution in [1.82, 2.24) is 10.2 Å². The number of guanidine groups is 1. The smallest absolute Gasteiger partial charge is 0.326 e. The Morgan fingerprint density at radius 1 is 1.03 bits per heavy atom. The predicted octanol–water partition coefficient (Wildman–Crippen LogP) is 2.03. The number of likely N-dealkylation sites (tertiary alicyclic amines) is 1. The number of anilines is 1. The Morgan fingerprint density at radius 2 is 1.73 bits per heavy atom. The number of rotatable bonds is 7. The molecule has 0 bridgehead atoms. The molecular weight excluding hydrogens is 424 g/mol. The molecule has 174 valence electrons. The second-order valence-electron chi connectivity index (χ2n) is 7.83. The van der Waals surface area contributed by atoms with Gasteiger partial charge in [-0.25, -0.2) is 14.6 Å². The number of carbonyl (C=O) groups excluding carboxylic acids is 2. The molecule has 33 heavy (non-hydrogen) atoms. The first-order valence-corrected chi connectivity index (χ1v) is 10.7. The summed E-state index contributed by atoms with van der Waals surface area (Å²) < 4.78 is 0. The fourth-order valence-corrected chi connectivity index (χ4v) is 3.57. The average molecular weight is 453 g/mol. The van der Waals surface area contributed by atoms with E-state index in [1.54, 1.807) is 53.4 Å². The van der Waals surface area contributed by atoms with Gasteiger partial charge in [0.2, 0.25) is 0 Å². The lowest BCUT2D eigenvalue weighted by Gasteiger charge is -2.28. The number of carboxylic acid groups (broad SMARTS) is 1. The normalized spacial score (nSPS) is 14.1. The molecular formula is C23H28N6O4. The van der Waals surface area contributed by atoms with Crippen molar-refractivity contribution in [3.63, 3.8) is 0 Å². The molecule has 3 rings (SSSR count). The average Bonchev–Trinajstić information content (AvgIpc) is 2.80. The minimum atomic E-state index is -1.10. The highest BCUT2D eigenvalue weighted by atomic mass is 16.4. The van der Waals surface area contributed by atoms with E-state index in [4.69, 9.17) is 11.5 Å². The molecule has 2 aromatic carbocycles. The lowest BCUT2D eigenvalue weighted by Crippen LogP contribution is -2.50. The van der Waals surface area contributed by atoms with Crippen LogP contribution in [0.25, 0.3) is 0 Å². The molecule has 1 atom stereocenters. The molecule has 2 aromatic rings. The van der Waals surface area contributed by atoms with Gasteiger partial charge in [0.1, 0.15) is 6.04 Å². The van der Waals surface area contributed by atoms with E-state index < -0.39 is 12.0 Å². The van der Waals surface area contributed by atoms with Crippen LogP contribution in [0.5, 0.6) is 0 Å². The Bertz CT molecular complexity index is 1030. The fourth-order valence-electron chi connectivity index (χ4n) is 3.57. The zero-order chi connectivity index (χ0) is 23.8. The molecule has 10 nitrogen and oxygen atoms in total. The third-order valence-corrected chi connectivity index (χ3v) is 5.26. The lowest BCUT2D eigenvalue weighted by atomic mass is 10.1. The summed E-state index contributed by atoms with van der Waals surface area (Å²) in [5.41, 5.74) is 12.8. The van der Waals surface area contributed by atoms with Gasteiger partial charge < -0.3 is 32.1 Å². The highest BCUT2D eigenvalue weighted by molar-refractivity contribution is 6.04. The maximum absolute atomic E-state index is 12.5. The molecule has 1 heterocycles. The monoisotopic (exact) mass is 452 g/mol. The van der Waals surface area contributed by atoms with Crippen LogP contribution < -0.4 is 22.1 Å². The summed E-state index contributed by atoms with van der Waals surface area (Å²) >= 11 is 0. The molecule has 0 aliphatic carbocycles. The second-order valence-corrected chi connectivity index (χ2v) is 7.83. The number of amides is 3. The summed E-state index contributed by atoms with van der Waals surface area (Å²) in [6.45, 7) is 1.28. The van der Waals surface area contributed by atoms with Crippen molar-refractivity contribution in [3.05, 3.63) is 59.7 Å². The fraction of sp³-hybridized carbons (Fsp3) is 0.304. The number of piperidine rings is 1. The van der Waals surface area contributed by atoms with E-state index in [1.807, 2.05) is 0 Å². The first-order valence-electron chi connectivity index (χ1n) is 10.7. The largest absolute Gasteiger partial charge is 0.480 e. The molecule has 1 fully saturated rings. The molecule has 3 amide bonds. The Kier molecular flexibility index (Phi) is 7.85. The molecule has 0 radical (unpaired) electrons. The van der Waals surface area contributed by atoms with Crippen molar-refractivity contribution in [3.8, 4) is 0 Å². The van der Waals surface area contributed by atoms with E-state index in [0.29, 0.717) is 35.6 Å². The summed E-state index contributed by atoms with van der Waals surface area (Å²) in [6, 6.07) is 11.9. The van der Waals surface area contributed by atoms with Gasteiger partial charge in [0.15, 0.2) is 5.96 Å². The van der Waals surface area contributed by atoms with Crippen molar-refractivity contribution < 1.29 is 19.5 Å². The summed E-state index contributed by atoms with van der Waals surface area (Å²) in [7, 11) is 0. The van der Waals surface area contributed by atoms with Gasteiger partial charge in [-0.05, 0) is 55.2 Å². The van der Waals surface area contributed by atoms with Gasteiger partial charge in [-0.3, -0.25) is 4.79 Å². The molecule has 0 spiro atoms. The summed E-state index contributed by atoms with van der Waals surface area (Å²) in [5.74, 6) is -1.54. The van der Waals surface area contributed by atoms with E-state index >= 15 is 0 Å². The molecule has 0 aromatic heterocycles. The van der Waals surface area contributed by atoms with E-state index in [1.165, 1.54) is 0 Å². The first kappa shape index (κ1) is 23.6. The Labute approximate surface area is 191 Å². The second kappa shape index (κ2) is 11.0. The number of aliphatic carboxylic acids is 1. The van der Waals surface area contributed by atoms with Crippen molar-refractivity contribution >= 4 is 35.2 Å². The Balaban J connectivity index is 1.60. The Hall–Kier alpha value is -4.08. The minimum Gasteiger partial charge on any atom is -0.480 e. The van der Waals surface area contributed by atoms with Crippen molar-refractivity contribution in [2.45, 2.75) is 31.7 Å². The standard InChI is InChI=1S/C23H28N6O4/c24-22(25)27-18-6-4-5-16(14-18)20(30)26-17-9-7-15(8-10-17)13-19(21(31)32)28-23(33)29-11-2-1-3-12-29/h4-10,14,19H,1-3,11-13H2,(H,26,30)(H,28,33)(H,31,32)(H4,24,25,27)/t19-/m0/s1. The number of nitrogens with zero attached hydrogens (tertiary/aromatic N) is 2. The van der Waals surface area contributed by atoms with Crippen LogP contribution >= 0.6 is 0 Å². The molecule has 0 saturated carbocycles. The van der Waals surface area contributed by atoms with Crippen molar-refractivity contribution in [2.75, 3.05) is 18.4 Å². The molecule has 7 N–H and O–H groups in total. The number of carbonyl (C=O) groups is 3. The lowest BCUT2D eigenvalue weighted by molar-refractivity contribution is -0.139. The zero-order valence-corrected chi connectivity index (χ0v) is 18.2. The Morgan fingerprint density at radius 3 is 2.36 bits per heavy atom. The van der Waals surface area contributed by atoms with E-state index in [0.717, 1.165) is 19.3 Å². The molecule has 0 unspecified atom stereocenters. The highest BCUT2D eigenvalue weighted by Crippen LogP contribution is 2.17. The number of nitrogens with two attached hydrogens (primary N) is 2. The van der Waals surface area contributed by atoms with Crippen LogP contribution in [0, 0.1) is 0 Å². The third kappa shape index (κ3) is 6.96. The van der Waals surface area contributed by atoms with Crippen molar-refractivity contribution in [2.24, 2.45) is 16.5 Å². The maximum Gasteiger partial charge on any atom is 0.326 e. The van der Waals surface area contributed by atoms with Gasteiger partial charge in [-0.1, -0.05) is 18.2 Å². The topological polar surface area (TPSA) is 163 Å². The summed E-state index contributed by atoms with van der Waals surface area (Å²) in [5, 5.41) is 14.9. The van der Waals surface area contributed by atoms with Crippen LogP contribution in [0.15, 0.2) is 53.5 Å². The molecule has 1 aliphatic rings. The van der Waals surface area contributed by atoms with E-state index in [-0.39, 0.29) is 24.3 Å². The minimum absolute atomic E-state index is 0.102. The number of nitrogens with one attached hydrogen (secondary N) is 2. The number of hydrogen-bond donors (Lipinski definition) is 5. The van der Waals surface area contributed by atoms with Gasteiger partial charge in [-0.15, -0.1) is 0 Å². The predicted molar refractivity (Wildman–Crippen MR) is 125 cm³/mol. The van der Waals surface area contributed by atoms with Crippen molar-refractivity contribution in [1.29, 1.82) is 0 Å². The highest BCUT2D eigenvalue weighted by Gasteiger charge is 2.24. The van der Waals surface area contributed by atoms with Crippen LogP contribution in [-0.2, 0) is 11.2 Å². The zero-order valence-electron chi connectivity index (χ0n) is 18.2. The first-order chi connectivity index (χ1) is 15.8. The van der Waals surface area contributed by atoms with Crippen LogP contribution in [0.1, 0.15) is 35.2 Å². The number of carboxylic acids is 1. The number of benzene rings is 2. The molecule has 10 heteroatoms.